The lowest BCUT2D eigenvalue weighted by atomic mass is 10.0. The molecule has 0 unspecified atom stereocenters. The number of hydrogen-bond donors (Lipinski definition) is 2. The molecule has 3 N–H and O–H groups in total. The summed E-state index contributed by atoms with van der Waals surface area (Å²) in [5, 5.41) is 9.22. The van der Waals surface area contributed by atoms with Crippen molar-refractivity contribution < 1.29 is 0 Å². The van der Waals surface area contributed by atoms with Crippen LogP contribution in [0.5, 0.6) is 0 Å². The van der Waals surface area contributed by atoms with E-state index in [0.717, 1.165) is 23.1 Å². The molecule has 2 heterocycles. The van der Waals surface area contributed by atoms with Gasteiger partial charge in [0.1, 0.15) is 5.82 Å². The molecule has 0 amide bonds. The zero-order valence-electron chi connectivity index (χ0n) is 11.8. The molecule has 4 nitrogen and oxygen atoms in total. The second kappa shape index (κ2) is 4.90. The van der Waals surface area contributed by atoms with Gasteiger partial charge in [-0.3, -0.25) is 0 Å². The highest BCUT2D eigenvalue weighted by Gasteiger charge is 2.18. The molecule has 1 fully saturated rings. The van der Waals surface area contributed by atoms with Crippen molar-refractivity contribution in [2.45, 2.75) is 18.9 Å². The molecule has 1 aliphatic heterocycles. The van der Waals surface area contributed by atoms with Gasteiger partial charge in [-0.2, -0.15) is 5.10 Å². The monoisotopic (exact) mass is 278 g/mol. The van der Waals surface area contributed by atoms with Crippen molar-refractivity contribution in [2.75, 3.05) is 12.3 Å². The number of rotatable bonds is 2. The Morgan fingerprint density at radius 3 is 2.76 bits per heavy atom. The Morgan fingerprint density at radius 2 is 2.00 bits per heavy atom. The van der Waals surface area contributed by atoms with E-state index in [4.69, 9.17) is 5.73 Å². The van der Waals surface area contributed by atoms with E-state index in [9.17, 15) is 0 Å². The van der Waals surface area contributed by atoms with Crippen molar-refractivity contribution in [1.82, 2.24) is 15.1 Å². The van der Waals surface area contributed by atoms with Crippen molar-refractivity contribution in [3.63, 3.8) is 0 Å². The molecule has 1 atom stereocenters. The van der Waals surface area contributed by atoms with Crippen LogP contribution in [0.3, 0.4) is 0 Å². The summed E-state index contributed by atoms with van der Waals surface area (Å²) in [5.74, 6) is 0.696. The third kappa shape index (κ3) is 2.08. The molecule has 1 aromatic heterocycles. The van der Waals surface area contributed by atoms with Gasteiger partial charge in [0, 0.05) is 11.4 Å². The van der Waals surface area contributed by atoms with Crippen LogP contribution >= 0.6 is 0 Å². The molecule has 0 bridgehead atoms. The Hall–Kier alpha value is -2.33. The topological polar surface area (TPSA) is 55.9 Å². The molecule has 21 heavy (non-hydrogen) atoms. The highest BCUT2D eigenvalue weighted by atomic mass is 15.3. The third-order valence-electron chi connectivity index (χ3n) is 4.20. The van der Waals surface area contributed by atoms with Gasteiger partial charge in [0.25, 0.3) is 0 Å². The normalized spacial score (nSPS) is 18.4. The molecule has 0 aliphatic carbocycles. The minimum absolute atomic E-state index is 0.456. The van der Waals surface area contributed by atoms with Crippen LogP contribution in [0.1, 0.15) is 24.4 Å². The number of nitrogen functional groups attached to an aromatic ring is 1. The molecule has 1 aliphatic rings. The van der Waals surface area contributed by atoms with Crippen molar-refractivity contribution in [1.29, 1.82) is 0 Å². The van der Waals surface area contributed by atoms with E-state index in [-0.39, 0.29) is 0 Å². The molecule has 0 spiro atoms. The molecular formula is C17H18N4. The first-order valence-corrected chi connectivity index (χ1v) is 7.40. The van der Waals surface area contributed by atoms with Crippen LogP contribution in [0.4, 0.5) is 5.82 Å². The van der Waals surface area contributed by atoms with E-state index in [2.05, 4.69) is 28.6 Å². The van der Waals surface area contributed by atoms with Crippen molar-refractivity contribution in [2.24, 2.45) is 0 Å². The predicted molar refractivity (Wildman–Crippen MR) is 85.5 cm³/mol. The van der Waals surface area contributed by atoms with Crippen molar-refractivity contribution in [3.8, 4) is 5.69 Å². The van der Waals surface area contributed by atoms with E-state index in [1.165, 1.54) is 18.4 Å². The van der Waals surface area contributed by atoms with E-state index in [0.29, 0.717) is 11.9 Å². The molecule has 3 aromatic rings. The molecular weight excluding hydrogens is 260 g/mol. The number of anilines is 1. The van der Waals surface area contributed by atoms with E-state index in [1.807, 2.05) is 35.0 Å². The Morgan fingerprint density at radius 1 is 1.14 bits per heavy atom. The Balaban J connectivity index is 1.82. The second-order valence-electron chi connectivity index (χ2n) is 5.56. The zero-order valence-corrected chi connectivity index (χ0v) is 11.8. The lowest BCUT2D eigenvalue weighted by molar-refractivity contribution is 0.648. The highest BCUT2D eigenvalue weighted by Crippen LogP contribution is 2.29. The number of nitrogens with one attached hydrogen (secondary N) is 1. The number of aromatic nitrogens is 2. The summed E-state index contributed by atoms with van der Waals surface area (Å²) in [5.41, 5.74) is 9.52. The Kier molecular flexibility index (Phi) is 2.89. The lowest BCUT2D eigenvalue weighted by Gasteiger charge is -2.09. The number of para-hydroxylation sites is 1. The Bertz CT molecular complexity index is 770. The van der Waals surface area contributed by atoms with Gasteiger partial charge in [0.15, 0.2) is 0 Å². The van der Waals surface area contributed by atoms with E-state index >= 15 is 0 Å². The lowest BCUT2D eigenvalue weighted by Crippen LogP contribution is -2.12. The van der Waals surface area contributed by atoms with Crippen LogP contribution in [-0.2, 0) is 0 Å². The number of nitrogens with zero attached hydrogens (tertiary/aromatic N) is 2. The fourth-order valence-electron chi connectivity index (χ4n) is 3.08. The number of nitrogens with two attached hydrogens (primary N) is 1. The number of fused-ring (bicyclic) bond motifs is 1. The fourth-order valence-corrected chi connectivity index (χ4v) is 3.08. The van der Waals surface area contributed by atoms with Gasteiger partial charge in [0.2, 0.25) is 0 Å². The SMILES string of the molecule is Nc1c2ccc([C@@H]3CCCN3)cc2nn1-c1ccccc1. The molecule has 0 radical (unpaired) electrons. The predicted octanol–water partition coefficient (Wildman–Crippen LogP) is 3.03. The van der Waals surface area contributed by atoms with E-state index < -0.39 is 0 Å². The maximum atomic E-state index is 6.26. The third-order valence-corrected chi connectivity index (χ3v) is 4.20. The summed E-state index contributed by atoms with van der Waals surface area (Å²) in [6, 6.07) is 16.9. The summed E-state index contributed by atoms with van der Waals surface area (Å²) in [4.78, 5) is 0. The summed E-state index contributed by atoms with van der Waals surface area (Å²) < 4.78 is 1.82. The van der Waals surface area contributed by atoms with Gasteiger partial charge < -0.3 is 11.1 Å². The summed E-state index contributed by atoms with van der Waals surface area (Å²) in [6.07, 6.45) is 2.43. The van der Waals surface area contributed by atoms with Crippen LogP contribution in [0, 0.1) is 0 Å². The van der Waals surface area contributed by atoms with Crippen LogP contribution < -0.4 is 11.1 Å². The maximum absolute atomic E-state index is 6.26. The highest BCUT2D eigenvalue weighted by molar-refractivity contribution is 5.90. The first-order chi connectivity index (χ1) is 10.3. The molecule has 106 valence electrons. The van der Waals surface area contributed by atoms with Crippen molar-refractivity contribution >= 4 is 16.7 Å². The minimum atomic E-state index is 0.456. The van der Waals surface area contributed by atoms with Gasteiger partial charge in [0.05, 0.1) is 11.2 Å². The maximum Gasteiger partial charge on any atom is 0.135 e. The largest absolute Gasteiger partial charge is 0.383 e. The number of benzene rings is 2. The molecule has 4 heteroatoms. The Labute approximate surface area is 123 Å². The minimum Gasteiger partial charge on any atom is -0.383 e. The number of hydrogen-bond acceptors (Lipinski definition) is 3. The first-order valence-electron chi connectivity index (χ1n) is 7.40. The summed E-state index contributed by atoms with van der Waals surface area (Å²) in [6.45, 7) is 1.10. The molecule has 1 saturated heterocycles. The van der Waals surface area contributed by atoms with Gasteiger partial charge in [-0.05, 0) is 49.2 Å². The first kappa shape index (κ1) is 12.4. The fraction of sp³-hybridized carbons (Fsp3) is 0.235. The van der Waals surface area contributed by atoms with Gasteiger partial charge in [-0.15, -0.1) is 0 Å². The van der Waals surface area contributed by atoms with Crippen LogP contribution in [0.15, 0.2) is 48.5 Å². The quantitative estimate of drug-likeness (QED) is 0.757. The average Bonchev–Trinajstić information content (AvgIpc) is 3.16. The van der Waals surface area contributed by atoms with E-state index in [1.54, 1.807) is 0 Å². The van der Waals surface area contributed by atoms with Gasteiger partial charge in [-0.25, -0.2) is 4.68 Å². The van der Waals surface area contributed by atoms with Gasteiger partial charge in [-0.1, -0.05) is 24.3 Å². The second-order valence-corrected chi connectivity index (χ2v) is 5.56. The van der Waals surface area contributed by atoms with Crippen LogP contribution in [0.25, 0.3) is 16.6 Å². The summed E-state index contributed by atoms with van der Waals surface area (Å²) in [7, 11) is 0. The summed E-state index contributed by atoms with van der Waals surface area (Å²) >= 11 is 0. The smallest absolute Gasteiger partial charge is 0.135 e. The van der Waals surface area contributed by atoms with Crippen LogP contribution in [-0.4, -0.2) is 16.3 Å². The molecule has 0 saturated carbocycles. The average molecular weight is 278 g/mol. The molecule has 2 aromatic carbocycles. The molecule has 4 rings (SSSR count). The van der Waals surface area contributed by atoms with Gasteiger partial charge >= 0.3 is 0 Å². The zero-order chi connectivity index (χ0) is 14.2. The van der Waals surface area contributed by atoms with Crippen molar-refractivity contribution in [3.05, 3.63) is 54.1 Å². The standard InChI is InChI=1S/C17H18N4/c18-17-14-9-8-12(15-7-4-10-19-15)11-16(14)20-21(17)13-5-2-1-3-6-13/h1-3,5-6,8-9,11,15,19H,4,7,10,18H2/t15-/m0/s1. The van der Waals surface area contributed by atoms with Crippen LogP contribution in [0.2, 0.25) is 0 Å².